The minimum Gasteiger partial charge on any atom is -0.0619 e. The summed E-state index contributed by atoms with van der Waals surface area (Å²) in [5.41, 5.74) is 17.0. The lowest BCUT2D eigenvalue weighted by Gasteiger charge is -2.36. The molecule has 0 radical (unpaired) electrons. The highest BCUT2D eigenvalue weighted by Gasteiger charge is 2.43. The van der Waals surface area contributed by atoms with Gasteiger partial charge in [0.1, 0.15) is 0 Å². The fraction of sp³-hybridized carbons (Fsp3) is 0.209. The third-order valence-electron chi connectivity index (χ3n) is 11.1. The summed E-state index contributed by atoms with van der Waals surface area (Å²) in [6.07, 6.45) is 6.55. The van der Waals surface area contributed by atoms with E-state index in [0.29, 0.717) is 0 Å². The van der Waals surface area contributed by atoms with Crippen molar-refractivity contribution in [1.29, 1.82) is 0 Å². The van der Waals surface area contributed by atoms with E-state index < -0.39 is 0 Å². The van der Waals surface area contributed by atoms with E-state index in [-0.39, 0.29) is 10.8 Å². The van der Waals surface area contributed by atoms with Gasteiger partial charge in [0.25, 0.3) is 0 Å². The molecule has 9 rings (SSSR count). The van der Waals surface area contributed by atoms with Gasteiger partial charge in [0.05, 0.1) is 0 Å². The second-order valence-corrected chi connectivity index (χ2v) is 13.7. The van der Waals surface area contributed by atoms with Gasteiger partial charge in [0.15, 0.2) is 0 Å². The summed E-state index contributed by atoms with van der Waals surface area (Å²) in [4.78, 5) is 0. The van der Waals surface area contributed by atoms with Crippen molar-refractivity contribution in [1.82, 2.24) is 0 Å². The molecule has 0 unspecified atom stereocenters. The Hall–Kier alpha value is -4.42. The van der Waals surface area contributed by atoms with Crippen LogP contribution in [-0.4, -0.2) is 0 Å². The molecule has 1 fully saturated rings. The van der Waals surface area contributed by atoms with Crippen LogP contribution in [-0.2, 0) is 10.8 Å². The van der Waals surface area contributed by atoms with E-state index in [4.69, 9.17) is 0 Å². The Kier molecular flexibility index (Phi) is 5.28. The number of benzene rings is 6. The molecule has 0 aromatic heterocycles. The second kappa shape index (κ2) is 9.04. The molecule has 1 saturated carbocycles. The zero-order valence-corrected chi connectivity index (χ0v) is 25.1. The molecule has 0 saturated heterocycles. The van der Waals surface area contributed by atoms with Crippen LogP contribution in [0.4, 0.5) is 0 Å². The van der Waals surface area contributed by atoms with E-state index in [1.165, 1.54) is 98.5 Å². The molecule has 0 nitrogen and oxygen atoms in total. The molecule has 1 spiro atoms. The number of hydrogen-bond acceptors (Lipinski definition) is 0. The molecular weight excluding hydrogens is 516 g/mol. The summed E-state index contributed by atoms with van der Waals surface area (Å²) in [5.74, 6) is 0. The highest BCUT2D eigenvalue weighted by atomic mass is 14.5. The molecule has 0 N–H and O–H groups in total. The first-order valence-corrected chi connectivity index (χ1v) is 16.1. The van der Waals surface area contributed by atoms with E-state index in [1.807, 2.05) is 0 Å². The molecule has 6 aromatic carbocycles. The lowest BCUT2D eigenvalue weighted by atomic mass is 9.67. The van der Waals surface area contributed by atoms with Gasteiger partial charge >= 0.3 is 0 Å². The minimum absolute atomic E-state index is 0.0644. The molecule has 3 aliphatic carbocycles. The van der Waals surface area contributed by atoms with Crippen LogP contribution in [0.2, 0.25) is 0 Å². The second-order valence-electron chi connectivity index (χ2n) is 13.7. The van der Waals surface area contributed by atoms with E-state index in [1.54, 1.807) is 11.1 Å². The van der Waals surface area contributed by atoms with Crippen LogP contribution in [0, 0.1) is 0 Å². The first kappa shape index (κ1) is 25.1. The lowest BCUT2D eigenvalue weighted by molar-refractivity contribution is 0.353. The molecule has 0 aliphatic heterocycles. The zero-order valence-electron chi connectivity index (χ0n) is 25.1. The molecule has 0 heterocycles. The van der Waals surface area contributed by atoms with Crippen molar-refractivity contribution in [3.63, 3.8) is 0 Å². The van der Waals surface area contributed by atoms with Gasteiger partial charge in [0.2, 0.25) is 0 Å². The third-order valence-corrected chi connectivity index (χ3v) is 11.1. The largest absolute Gasteiger partial charge is 0.0619 e. The molecule has 3 aliphatic rings. The van der Waals surface area contributed by atoms with Crippen molar-refractivity contribution in [3.05, 3.63) is 144 Å². The topological polar surface area (TPSA) is 0 Å². The number of hydrogen-bond donors (Lipinski definition) is 0. The van der Waals surface area contributed by atoms with Gasteiger partial charge in [-0.1, -0.05) is 130 Å². The summed E-state index contributed by atoms with van der Waals surface area (Å²) in [5, 5.41) is 2.58. The van der Waals surface area contributed by atoms with Crippen molar-refractivity contribution < 1.29 is 0 Å². The van der Waals surface area contributed by atoms with Crippen LogP contribution in [0.1, 0.15) is 68.2 Å². The molecule has 0 heteroatoms. The Labute approximate surface area is 255 Å². The first-order chi connectivity index (χ1) is 21.0. The van der Waals surface area contributed by atoms with Gasteiger partial charge in [-0.25, -0.2) is 0 Å². The Balaban J connectivity index is 1.12. The van der Waals surface area contributed by atoms with Crippen LogP contribution in [0.3, 0.4) is 0 Å². The van der Waals surface area contributed by atoms with Crippen LogP contribution in [0.15, 0.2) is 121 Å². The van der Waals surface area contributed by atoms with E-state index in [2.05, 4.69) is 135 Å². The fourth-order valence-electron chi connectivity index (χ4n) is 8.79. The van der Waals surface area contributed by atoms with E-state index in [9.17, 15) is 0 Å². The van der Waals surface area contributed by atoms with Gasteiger partial charge in [-0.3, -0.25) is 0 Å². The fourth-order valence-corrected chi connectivity index (χ4v) is 8.79. The van der Waals surface area contributed by atoms with Gasteiger partial charge < -0.3 is 0 Å². The summed E-state index contributed by atoms with van der Waals surface area (Å²) in [7, 11) is 0. The van der Waals surface area contributed by atoms with Gasteiger partial charge in [-0.05, 0) is 115 Å². The van der Waals surface area contributed by atoms with Gasteiger partial charge in [-0.2, -0.15) is 0 Å². The maximum atomic E-state index is 2.55. The monoisotopic (exact) mass is 552 g/mol. The molecule has 208 valence electrons. The predicted octanol–water partition coefficient (Wildman–Crippen LogP) is 11.7. The molecule has 43 heavy (non-hydrogen) atoms. The zero-order chi connectivity index (χ0) is 28.8. The molecule has 6 aromatic rings. The Morgan fingerprint density at radius 1 is 0.395 bits per heavy atom. The van der Waals surface area contributed by atoms with E-state index in [0.717, 1.165) is 0 Å². The molecular formula is C43H36. The van der Waals surface area contributed by atoms with Crippen molar-refractivity contribution in [2.75, 3.05) is 0 Å². The first-order valence-electron chi connectivity index (χ1n) is 16.1. The molecule has 0 atom stereocenters. The standard InChI is InChI=1S/C43H36/c1-42(2)39-25-31(30-15-14-28-10-4-5-11-29(28)24-30)16-19-35(39)36-20-17-32(26-40(36)42)33-18-21-37-34-12-6-7-13-38(34)43(41(37)27-33)22-8-3-9-23-43/h4-7,10-21,24-27H,3,8-9,22-23H2,1-2H3. The van der Waals surface area contributed by atoms with Crippen LogP contribution in [0.5, 0.6) is 0 Å². The van der Waals surface area contributed by atoms with Crippen molar-refractivity contribution in [2.45, 2.75) is 56.8 Å². The SMILES string of the molecule is CC1(C)c2cc(-c3ccc4c(c3)C3(CCCCC3)c3ccccc3-4)ccc2-c2ccc(-c3ccc4ccccc4c3)cc21. The minimum atomic E-state index is -0.0644. The summed E-state index contributed by atoms with van der Waals surface area (Å²) in [6.45, 7) is 4.81. The van der Waals surface area contributed by atoms with Crippen LogP contribution < -0.4 is 0 Å². The van der Waals surface area contributed by atoms with Crippen molar-refractivity contribution in [2.24, 2.45) is 0 Å². The van der Waals surface area contributed by atoms with Crippen molar-refractivity contribution in [3.8, 4) is 44.5 Å². The van der Waals surface area contributed by atoms with Crippen LogP contribution >= 0.6 is 0 Å². The van der Waals surface area contributed by atoms with Gasteiger partial charge in [-0.15, -0.1) is 0 Å². The molecule has 0 bridgehead atoms. The quantitative estimate of drug-likeness (QED) is 0.200. The summed E-state index contributed by atoms with van der Waals surface area (Å²) < 4.78 is 0. The smallest absolute Gasteiger partial charge is 0.0215 e. The van der Waals surface area contributed by atoms with Crippen molar-refractivity contribution >= 4 is 10.8 Å². The number of fused-ring (bicyclic) bond motifs is 9. The maximum absolute atomic E-state index is 2.55. The Morgan fingerprint density at radius 2 is 0.884 bits per heavy atom. The Morgan fingerprint density at radius 3 is 1.56 bits per heavy atom. The Bertz CT molecular complexity index is 2080. The van der Waals surface area contributed by atoms with Crippen LogP contribution in [0.25, 0.3) is 55.3 Å². The van der Waals surface area contributed by atoms with Gasteiger partial charge in [0, 0.05) is 10.8 Å². The third kappa shape index (κ3) is 3.56. The number of rotatable bonds is 2. The summed E-state index contributed by atoms with van der Waals surface area (Å²) in [6, 6.07) is 46.4. The maximum Gasteiger partial charge on any atom is 0.0215 e. The highest BCUT2D eigenvalue weighted by molar-refractivity contribution is 5.90. The summed E-state index contributed by atoms with van der Waals surface area (Å²) >= 11 is 0. The highest BCUT2D eigenvalue weighted by Crippen LogP contribution is 2.57. The molecule has 0 amide bonds. The normalized spacial score (nSPS) is 17.0. The predicted molar refractivity (Wildman–Crippen MR) is 182 cm³/mol. The van der Waals surface area contributed by atoms with E-state index >= 15 is 0 Å². The average Bonchev–Trinajstić information content (AvgIpc) is 3.45. The lowest BCUT2D eigenvalue weighted by Crippen LogP contribution is -2.28. The average molecular weight is 553 g/mol.